The number of benzene rings is 2. The molecule has 2 heterocycles. The highest BCUT2D eigenvalue weighted by Crippen LogP contribution is 2.34. The summed E-state index contributed by atoms with van der Waals surface area (Å²) in [6.07, 6.45) is 1.82. The van der Waals surface area contributed by atoms with Crippen molar-refractivity contribution in [2.75, 3.05) is 18.5 Å². The highest BCUT2D eigenvalue weighted by molar-refractivity contribution is 8.15. The number of rotatable bonds is 7. The second-order valence-electron chi connectivity index (χ2n) is 8.40. The van der Waals surface area contributed by atoms with E-state index in [0.717, 1.165) is 18.4 Å². The smallest absolute Gasteiger partial charge is 0.242 e. The van der Waals surface area contributed by atoms with Crippen molar-refractivity contribution in [1.29, 1.82) is 0 Å². The van der Waals surface area contributed by atoms with Gasteiger partial charge >= 0.3 is 0 Å². The average Bonchev–Trinajstić information content (AvgIpc) is 3.41. The van der Waals surface area contributed by atoms with Gasteiger partial charge in [-0.25, -0.2) is 4.99 Å². The van der Waals surface area contributed by atoms with Gasteiger partial charge in [0.05, 0.1) is 18.3 Å². The molecule has 0 saturated carbocycles. The lowest BCUT2D eigenvalue weighted by Crippen LogP contribution is -2.38. The number of anilines is 1. The summed E-state index contributed by atoms with van der Waals surface area (Å²) in [5, 5.41) is 3.37. The minimum atomic E-state index is -0.586. The van der Waals surface area contributed by atoms with Gasteiger partial charge < -0.3 is 10.1 Å². The molecule has 2 saturated heterocycles. The molecule has 9 heteroatoms. The quantitative estimate of drug-likeness (QED) is 0.542. The summed E-state index contributed by atoms with van der Waals surface area (Å²) in [5.74, 6) is -0.475. The Bertz CT molecular complexity index is 1130. The van der Waals surface area contributed by atoms with Gasteiger partial charge in [-0.3, -0.25) is 19.3 Å². The first kappa shape index (κ1) is 24.4. The zero-order chi connectivity index (χ0) is 24.2. The third-order valence-electron chi connectivity index (χ3n) is 5.76. The number of amidine groups is 1. The molecule has 7 nitrogen and oxygen atoms in total. The Morgan fingerprint density at radius 1 is 1.24 bits per heavy atom. The summed E-state index contributed by atoms with van der Waals surface area (Å²) in [5.41, 5.74) is 2.74. The van der Waals surface area contributed by atoms with Crippen LogP contribution in [0.1, 0.15) is 42.1 Å². The fourth-order valence-corrected chi connectivity index (χ4v) is 5.16. The third kappa shape index (κ3) is 5.87. The largest absolute Gasteiger partial charge is 0.376 e. The van der Waals surface area contributed by atoms with Gasteiger partial charge in [-0.15, -0.1) is 0 Å². The lowest BCUT2D eigenvalue weighted by molar-refractivity contribution is -0.129. The van der Waals surface area contributed by atoms with Crippen LogP contribution >= 0.6 is 23.4 Å². The van der Waals surface area contributed by atoms with Crippen molar-refractivity contribution in [2.24, 2.45) is 4.99 Å². The van der Waals surface area contributed by atoms with Crippen molar-refractivity contribution in [3.05, 3.63) is 58.6 Å². The molecule has 0 unspecified atom stereocenters. The number of carbonyl (C=O) groups is 3. The van der Waals surface area contributed by atoms with Crippen LogP contribution in [-0.4, -0.2) is 52.2 Å². The van der Waals surface area contributed by atoms with Crippen molar-refractivity contribution in [3.63, 3.8) is 0 Å². The van der Waals surface area contributed by atoms with Gasteiger partial charge in [-0.2, -0.15) is 0 Å². The van der Waals surface area contributed by atoms with Crippen LogP contribution in [0.15, 0.2) is 47.5 Å². The van der Waals surface area contributed by atoms with E-state index in [9.17, 15) is 14.4 Å². The summed E-state index contributed by atoms with van der Waals surface area (Å²) >= 11 is 7.54. The van der Waals surface area contributed by atoms with E-state index in [1.807, 2.05) is 19.1 Å². The Kier molecular flexibility index (Phi) is 7.70. The Labute approximate surface area is 207 Å². The summed E-state index contributed by atoms with van der Waals surface area (Å²) in [6, 6.07) is 12.2. The number of aliphatic imine (C=N–C) groups is 1. The number of thioether (sulfide) groups is 1. The Hall–Kier alpha value is -2.68. The van der Waals surface area contributed by atoms with E-state index >= 15 is 0 Å². The number of nitrogens with zero attached hydrogens (tertiary/aromatic N) is 2. The molecule has 0 aliphatic carbocycles. The summed E-state index contributed by atoms with van der Waals surface area (Å²) < 4.78 is 5.74. The lowest BCUT2D eigenvalue weighted by atomic mass is 10.1. The Morgan fingerprint density at radius 2 is 2.00 bits per heavy atom. The van der Waals surface area contributed by atoms with Crippen LogP contribution in [0.2, 0.25) is 5.02 Å². The summed E-state index contributed by atoms with van der Waals surface area (Å²) in [4.78, 5) is 43.7. The van der Waals surface area contributed by atoms with Gasteiger partial charge in [0.2, 0.25) is 11.8 Å². The van der Waals surface area contributed by atoms with Crippen molar-refractivity contribution < 1.29 is 19.1 Å². The normalized spacial score (nSPS) is 21.3. The number of ether oxygens (including phenoxy) is 1. The van der Waals surface area contributed by atoms with Crippen LogP contribution < -0.4 is 5.32 Å². The van der Waals surface area contributed by atoms with Gasteiger partial charge in [0.25, 0.3) is 0 Å². The first-order chi connectivity index (χ1) is 16.3. The monoisotopic (exact) mass is 499 g/mol. The fourth-order valence-electron chi connectivity index (χ4n) is 3.82. The average molecular weight is 500 g/mol. The highest BCUT2D eigenvalue weighted by Gasteiger charge is 2.40. The van der Waals surface area contributed by atoms with E-state index in [0.29, 0.717) is 40.3 Å². The lowest BCUT2D eigenvalue weighted by Gasteiger charge is -2.20. The number of ketones is 1. The van der Waals surface area contributed by atoms with Crippen molar-refractivity contribution in [1.82, 2.24) is 4.90 Å². The number of amides is 2. The van der Waals surface area contributed by atoms with Gasteiger partial charge in [0.15, 0.2) is 11.0 Å². The topological polar surface area (TPSA) is 88.1 Å². The molecular formula is C25H26ClN3O4S. The molecule has 2 atom stereocenters. The minimum absolute atomic E-state index is 0.00760. The van der Waals surface area contributed by atoms with Gasteiger partial charge in [0, 0.05) is 29.3 Å². The van der Waals surface area contributed by atoms with E-state index in [4.69, 9.17) is 16.3 Å². The fraction of sp³-hybridized carbons (Fsp3) is 0.360. The van der Waals surface area contributed by atoms with E-state index in [1.165, 1.54) is 18.7 Å². The van der Waals surface area contributed by atoms with E-state index in [2.05, 4.69) is 10.3 Å². The molecule has 2 fully saturated rings. The molecular weight excluding hydrogens is 474 g/mol. The van der Waals surface area contributed by atoms with Crippen molar-refractivity contribution >= 4 is 57.5 Å². The van der Waals surface area contributed by atoms with Crippen LogP contribution in [0.25, 0.3) is 0 Å². The zero-order valence-electron chi connectivity index (χ0n) is 19.0. The second-order valence-corrected chi connectivity index (χ2v) is 9.98. The molecule has 0 aromatic heterocycles. The first-order valence-corrected chi connectivity index (χ1v) is 12.4. The van der Waals surface area contributed by atoms with Gasteiger partial charge in [-0.05, 0) is 68.7 Å². The summed E-state index contributed by atoms with van der Waals surface area (Å²) in [6.45, 7) is 4.50. The van der Waals surface area contributed by atoms with E-state index in [1.54, 1.807) is 35.2 Å². The zero-order valence-corrected chi connectivity index (χ0v) is 20.6. The maximum absolute atomic E-state index is 13.2. The standard InChI is InChI=1S/C25H26ClN3O4S/c1-15-5-8-19(12-21(15)26)28-25-29(14-20-4-3-11-33-20)24(32)22(34-25)13-23(31)27-18-9-6-17(7-10-18)16(2)30/h5-10,12,20,22H,3-4,11,13-14H2,1-2H3,(H,27,31)/t20-,22+/m1/s1. The maximum Gasteiger partial charge on any atom is 0.242 e. The predicted octanol–water partition coefficient (Wildman–Crippen LogP) is 4.99. The van der Waals surface area contributed by atoms with Crippen LogP contribution in [0.5, 0.6) is 0 Å². The van der Waals surface area contributed by atoms with Crippen molar-refractivity contribution in [2.45, 2.75) is 44.5 Å². The Morgan fingerprint density at radius 3 is 2.65 bits per heavy atom. The molecule has 0 radical (unpaired) electrons. The molecule has 2 aliphatic rings. The number of aryl methyl sites for hydroxylation is 1. The van der Waals surface area contributed by atoms with Crippen LogP contribution in [0.4, 0.5) is 11.4 Å². The van der Waals surface area contributed by atoms with E-state index < -0.39 is 5.25 Å². The molecule has 4 rings (SSSR count). The van der Waals surface area contributed by atoms with Gasteiger partial charge in [-0.1, -0.05) is 29.4 Å². The first-order valence-electron chi connectivity index (χ1n) is 11.2. The Balaban J connectivity index is 1.49. The number of Topliss-reactive ketones (excluding diaryl/α,β-unsaturated/α-hetero) is 1. The van der Waals surface area contributed by atoms with Crippen LogP contribution in [-0.2, 0) is 14.3 Å². The molecule has 178 valence electrons. The number of carbonyl (C=O) groups excluding carboxylic acids is 3. The SMILES string of the molecule is CC(=O)c1ccc(NC(=O)C[C@@H]2SC(=Nc3ccc(C)c(Cl)c3)N(C[C@H]3CCCO3)C2=O)cc1. The minimum Gasteiger partial charge on any atom is -0.376 e. The third-order valence-corrected chi connectivity index (χ3v) is 7.34. The molecule has 0 spiro atoms. The molecule has 2 amide bonds. The number of hydrogen-bond donors (Lipinski definition) is 1. The number of nitrogens with one attached hydrogen (secondary N) is 1. The van der Waals surface area contributed by atoms with E-state index in [-0.39, 0.29) is 30.1 Å². The second kappa shape index (κ2) is 10.7. The predicted molar refractivity (Wildman–Crippen MR) is 135 cm³/mol. The molecule has 0 bridgehead atoms. The molecule has 2 aliphatic heterocycles. The van der Waals surface area contributed by atoms with Crippen molar-refractivity contribution in [3.8, 4) is 0 Å². The number of halogens is 1. The summed E-state index contributed by atoms with van der Waals surface area (Å²) in [7, 11) is 0. The molecule has 2 aromatic carbocycles. The molecule has 1 N–H and O–H groups in total. The van der Waals surface area contributed by atoms with Crippen LogP contribution in [0.3, 0.4) is 0 Å². The van der Waals surface area contributed by atoms with Crippen LogP contribution in [0, 0.1) is 6.92 Å². The highest BCUT2D eigenvalue weighted by atomic mass is 35.5. The van der Waals surface area contributed by atoms with Gasteiger partial charge in [0.1, 0.15) is 5.25 Å². The maximum atomic E-state index is 13.2. The molecule has 34 heavy (non-hydrogen) atoms. The molecule has 2 aromatic rings. The number of hydrogen-bond acceptors (Lipinski definition) is 6.